The molecule has 1 aliphatic carbocycles. The van der Waals surface area contributed by atoms with Crippen LogP contribution in [0.15, 0.2) is 24.3 Å². The number of nitrogens with zero attached hydrogens (tertiary/aromatic N) is 1. The molecule has 1 aliphatic rings. The van der Waals surface area contributed by atoms with Crippen molar-refractivity contribution in [2.45, 2.75) is 57.9 Å². The van der Waals surface area contributed by atoms with E-state index in [2.05, 4.69) is 24.4 Å². The summed E-state index contributed by atoms with van der Waals surface area (Å²) in [4.78, 5) is 4.82. The van der Waals surface area contributed by atoms with Gasteiger partial charge in [-0.3, -0.25) is 0 Å². The molecule has 118 valence electrons. The maximum Gasteiger partial charge on any atom is 0.145 e. The summed E-state index contributed by atoms with van der Waals surface area (Å²) in [5.41, 5.74) is 2.20. The molecule has 0 aliphatic heterocycles. The Kier molecular flexibility index (Phi) is 4.81. The highest BCUT2D eigenvalue weighted by Crippen LogP contribution is 2.29. The molecule has 0 saturated heterocycles. The van der Waals surface area contributed by atoms with Crippen LogP contribution < -0.4 is 10.1 Å². The van der Waals surface area contributed by atoms with Gasteiger partial charge in [0, 0.05) is 11.4 Å². The van der Waals surface area contributed by atoms with Crippen molar-refractivity contribution in [2.24, 2.45) is 0 Å². The third-order valence-electron chi connectivity index (χ3n) is 4.69. The first-order valence-corrected chi connectivity index (χ1v) is 8.49. The number of aryl methyl sites for hydroxylation is 1. The molecule has 0 radical (unpaired) electrons. The molecule has 0 bridgehead atoms. The SMILES string of the molecule is COc1cccc2c(C)cc(NC3CCCCCCC3)nc12. The first-order valence-electron chi connectivity index (χ1n) is 8.49. The fourth-order valence-corrected chi connectivity index (χ4v) is 3.44. The second kappa shape index (κ2) is 6.99. The number of anilines is 1. The smallest absolute Gasteiger partial charge is 0.145 e. The number of aromatic nitrogens is 1. The van der Waals surface area contributed by atoms with Gasteiger partial charge in [0.05, 0.1) is 7.11 Å². The molecule has 1 saturated carbocycles. The van der Waals surface area contributed by atoms with Gasteiger partial charge in [0.1, 0.15) is 17.1 Å². The zero-order valence-corrected chi connectivity index (χ0v) is 13.7. The average Bonchev–Trinajstić information content (AvgIpc) is 2.49. The van der Waals surface area contributed by atoms with Crippen LogP contribution in [0.1, 0.15) is 50.5 Å². The van der Waals surface area contributed by atoms with Crippen molar-refractivity contribution in [3.05, 3.63) is 29.8 Å². The first-order chi connectivity index (χ1) is 10.8. The van der Waals surface area contributed by atoms with E-state index in [-0.39, 0.29) is 0 Å². The zero-order valence-electron chi connectivity index (χ0n) is 13.7. The highest BCUT2D eigenvalue weighted by molar-refractivity contribution is 5.88. The van der Waals surface area contributed by atoms with E-state index in [9.17, 15) is 0 Å². The molecular weight excluding hydrogens is 272 g/mol. The lowest BCUT2D eigenvalue weighted by molar-refractivity contribution is 0.419. The molecule has 22 heavy (non-hydrogen) atoms. The third kappa shape index (κ3) is 3.34. The largest absolute Gasteiger partial charge is 0.494 e. The highest BCUT2D eigenvalue weighted by Gasteiger charge is 2.13. The Balaban J connectivity index is 1.87. The number of fused-ring (bicyclic) bond motifs is 1. The lowest BCUT2D eigenvalue weighted by Gasteiger charge is -2.22. The predicted octanol–water partition coefficient (Wildman–Crippen LogP) is 5.08. The van der Waals surface area contributed by atoms with Crippen LogP contribution in [-0.4, -0.2) is 18.1 Å². The van der Waals surface area contributed by atoms with Gasteiger partial charge in [-0.05, 0) is 37.5 Å². The summed E-state index contributed by atoms with van der Waals surface area (Å²) in [6.45, 7) is 2.15. The van der Waals surface area contributed by atoms with Crippen LogP contribution in [0.3, 0.4) is 0 Å². The fraction of sp³-hybridized carbons (Fsp3) is 0.526. The number of rotatable bonds is 3. The fourth-order valence-electron chi connectivity index (χ4n) is 3.44. The maximum atomic E-state index is 5.47. The monoisotopic (exact) mass is 298 g/mol. The lowest BCUT2D eigenvalue weighted by Crippen LogP contribution is -2.21. The topological polar surface area (TPSA) is 34.1 Å². The predicted molar refractivity (Wildman–Crippen MR) is 92.8 cm³/mol. The molecule has 1 aromatic heterocycles. The van der Waals surface area contributed by atoms with Gasteiger partial charge >= 0.3 is 0 Å². The second-order valence-electron chi connectivity index (χ2n) is 6.37. The van der Waals surface area contributed by atoms with Crippen molar-refractivity contribution in [1.29, 1.82) is 0 Å². The van der Waals surface area contributed by atoms with Crippen LogP contribution in [0.4, 0.5) is 5.82 Å². The average molecular weight is 298 g/mol. The van der Waals surface area contributed by atoms with Crippen LogP contribution in [0.2, 0.25) is 0 Å². The zero-order chi connectivity index (χ0) is 15.4. The van der Waals surface area contributed by atoms with E-state index in [1.165, 1.54) is 55.9 Å². The number of benzene rings is 1. The minimum Gasteiger partial charge on any atom is -0.494 e. The van der Waals surface area contributed by atoms with Crippen LogP contribution in [-0.2, 0) is 0 Å². The van der Waals surface area contributed by atoms with E-state index < -0.39 is 0 Å². The van der Waals surface area contributed by atoms with Crippen LogP contribution >= 0.6 is 0 Å². The molecule has 1 heterocycles. The summed E-state index contributed by atoms with van der Waals surface area (Å²) in [5, 5.41) is 4.84. The number of methoxy groups -OCH3 is 1. The molecule has 2 aromatic rings. The van der Waals surface area contributed by atoms with E-state index in [0.29, 0.717) is 6.04 Å². The minimum absolute atomic E-state index is 0.555. The van der Waals surface area contributed by atoms with Gasteiger partial charge in [-0.25, -0.2) is 4.98 Å². The van der Waals surface area contributed by atoms with Crippen molar-refractivity contribution < 1.29 is 4.74 Å². The molecule has 1 aromatic carbocycles. The third-order valence-corrected chi connectivity index (χ3v) is 4.69. The number of hydrogen-bond donors (Lipinski definition) is 1. The van der Waals surface area contributed by atoms with E-state index in [4.69, 9.17) is 9.72 Å². The van der Waals surface area contributed by atoms with Crippen LogP contribution in [0.5, 0.6) is 5.75 Å². The summed E-state index contributed by atoms with van der Waals surface area (Å²) in [6, 6.07) is 8.84. The Morgan fingerprint density at radius 2 is 1.82 bits per heavy atom. The molecule has 0 amide bonds. The maximum absolute atomic E-state index is 5.47. The molecule has 0 atom stereocenters. The molecule has 3 rings (SSSR count). The Morgan fingerprint density at radius 1 is 1.09 bits per heavy atom. The van der Waals surface area contributed by atoms with Gasteiger partial charge < -0.3 is 10.1 Å². The van der Waals surface area contributed by atoms with Gasteiger partial charge in [0.15, 0.2) is 0 Å². The molecule has 3 heteroatoms. The number of pyridine rings is 1. The number of para-hydroxylation sites is 1. The molecule has 1 N–H and O–H groups in total. The van der Waals surface area contributed by atoms with E-state index in [1.54, 1.807) is 7.11 Å². The molecular formula is C19H26N2O. The summed E-state index contributed by atoms with van der Waals surface area (Å²) in [5.74, 6) is 1.84. The van der Waals surface area contributed by atoms with Gasteiger partial charge in [-0.15, -0.1) is 0 Å². The first kappa shape index (κ1) is 15.1. The standard InChI is InChI=1S/C19H26N2O/c1-14-13-18(20-15-9-6-4-3-5-7-10-15)21-19-16(14)11-8-12-17(19)22-2/h8,11-13,15H,3-7,9-10H2,1-2H3,(H,20,21). The molecule has 1 fully saturated rings. The Bertz CT molecular complexity index is 631. The van der Waals surface area contributed by atoms with Crippen molar-refractivity contribution in [2.75, 3.05) is 12.4 Å². The van der Waals surface area contributed by atoms with E-state index >= 15 is 0 Å². The normalized spacial score (nSPS) is 17.0. The van der Waals surface area contributed by atoms with Crippen molar-refractivity contribution in [1.82, 2.24) is 4.98 Å². The van der Waals surface area contributed by atoms with E-state index in [1.807, 2.05) is 12.1 Å². The Morgan fingerprint density at radius 3 is 2.55 bits per heavy atom. The highest BCUT2D eigenvalue weighted by atomic mass is 16.5. The summed E-state index contributed by atoms with van der Waals surface area (Å²) < 4.78 is 5.47. The summed E-state index contributed by atoms with van der Waals surface area (Å²) >= 11 is 0. The van der Waals surface area contributed by atoms with Gasteiger partial charge in [0.25, 0.3) is 0 Å². The van der Waals surface area contributed by atoms with Crippen LogP contribution in [0, 0.1) is 6.92 Å². The van der Waals surface area contributed by atoms with Crippen molar-refractivity contribution >= 4 is 16.7 Å². The number of nitrogens with one attached hydrogen (secondary N) is 1. The quantitative estimate of drug-likeness (QED) is 0.858. The van der Waals surface area contributed by atoms with Gasteiger partial charge in [-0.2, -0.15) is 0 Å². The Hall–Kier alpha value is -1.77. The minimum atomic E-state index is 0.555. The number of hydrogen-bond acceptors (Lipinski definition) is 3. The van der Waals surface area contributed by atoms with Crippen molar-refractivity contribution in [3.8, 4) is 5.75 Å². The van der Waals surface area contributed by atoms with Gasteiger partial charge in [-0.1, -0.05) is 44.2 Å². The summed E-state index contributed by atoms with van der Waals surface area (Å²) in [7, 11) is 1.71. The Labute approximate surface area is 133 Å². The molecule has 3 nitrogen and oxygen atoms in total. The number of ether oxygens (including phenoxy) is 1. The van der Waals surface area contributed by atoms with Crippen molar-refractivity contribution in [3.63, 3.8) is 0 Å². The molecule has 0 unspecified atom stereocenters. The second-order valence-corrected chi connectivity index (χ2v) is 6.37. The molecule has 0 spiro atoms. The lowest BCUT2D eigenvalue weighted by atomic mass is 9.96. The summed E-state index contributed by atoms with van der Waals surface area (Å²) in [6.07, 6.45) is 9.31. The van der Waals surface area contributed by atoms with Crippen LogP contribution in [0.25, 0.3) is 10.9 Å². The van der Waals surface area contributed by atoms with E-state index in [0.717, 1.165) is 17.1 Å². The van der Waals surface area contributed by atoms with Gasteiger partial charge in [0.2, 0.25) is 0 Å².